The van der Waals surface area contributed by atoms with Gasteiger partial charge in [-0.15, -0.1) is 0 Å². The first kappa shape index (κ1) is 15.7. The van der Waals surface area contributed by atoms with Gasteiger partial charge in [-0.25, -0.2) is 9.67 Å². The summed E-state index contributed by atoms with van der Waals surface area (Å²) in [6, 6.07) is 6.30. The van der Waals surface area contributed by atoms with Gasteiger partial charge in [0.2, 0.25) is 0 Å². The Morgan fingerprint density at radius 2 is 1.81 bits per heavy atom. The molecule has 0 amide bonds. The Bertz CT molecular complexity index is 620. The highest BCUT2D eigenvalue weighted by Gasteiger charge is 2.18. The van der Waals surface area contributed by atoms with Crippen molar-refractivity contribution in [2.24, 2.45) is 5.73 Å². The zero-order chi connectivity index (χ0) is 15.6. The summed E-state index contributed by atoms with van der Waals surface area (Å²) in [5, 5.41) is 4.68. The molecule has 0 saturated heterocycles. The molecule has 0 bridgehead atoms. The average Bonchev–Trinajstić information content (AvgIpc) is 2.89. The maximum absolute atomic E-state index is 5.85. The van der Waals surface area contributed by atoms with Gasteiger partial charge < -0.3 is 5.73 Å². The Morgan fingerprint density at radius 3 is 2.33 bits per heavy atom. The van der Waals surface area contributed by atoms with Gasteiger partial charge in [0.25, 0.3) is 0 Å². The Hall–Kier alpha value is -1.68. The molecule has 2 rings (SSSR count). The molecular formula is C17H26N4. The van der Waals surface area contributed by atoms with Crippen LogP contribution in [0.5, 0.6) is 0 Å². The first-order valence-corrected chi connectivity index (χ1v) is 7.68. The third-order valence-corrected chi connectivity index (χ3v) is 3.65. The van der Waals surface area contributed by atoms with Gasteiger partial charge in [0.1, 0.15) is 0 Å². The van der Waals surface area contributed by atoms with Crippen LogP contribution < -0.4 is 5.73 Å². The van der Waals surface area contributed by atoms with E-state index in [0.717, 1.165) is 35.6 Å². The van der Waals surface area contributed by atoms with Crippen molar-refractivity contribution >= 4 is 0 Å². The van der Waals surface area contributed by atoms with Crippen LogP contribution in [0.1, 0.15) is 57.3 Å². The molecule has 0 spiro atoms. The molecule has 0 unspecified atom stereocenters. The summed E-state index contributed by atoms with van der Waals surface area (Å²) in [7, 11) is 0. The fourth-order valence-electron chi connectivity index (χ4n) is 2.28. The van der Waals surface area contributed by atoms with Crippen LogP contribution >= 0.6 is 0 Å². The van der Waals surface area contributed by atoms with Crippen molar-refractivity contribution in [3.8, 4) is 5.82 Å². The average molecular weight is 286 g/mol. The monoisotopic (exact) mass is 286 g/mol. The van der Waals surface area contributed by atoms with E-state index in [1.807, 2.05) is 10.7 Å². The third kappa shape index (κ3) is 3.32. The van der Waals surface area contributed by atoms with Gasteiger partial charge in [-0.2, -0.15) is 5.10 Å². The predicted molar refractivity (Wildman–Crippen MR) is 86.7 cm³/mol. The highest BCUT2D eigenvalue weighted by atomic mass is 15.3. The number of nitrogens with two attached hydrogens (primary N) is 1. The normalized spacial score (nSPS) is 11.9. The lowest BCUT2D eigenvalue weighted by Crippen LogP contribution is -2.17. The van der Waals surface area contributed by atoms with Gasteiger partial charge in [0.15, 0.2) is 5.82 Å². The number of rotatable bonds is 4. The minimum Gasteiger partial charge on any atom is -0.326 e. The van der Waals surface area contributed by atoms with Gasteiger partial charge in [-0.3, -0.25) is 0 Å². The minimum absolute atomic E-state index is 0.00690. The molecular weight excluding hydrogens is 260 g/mol. The van der Waals surface area contributed by atoms with Crippen LogP contribution in [0.4, 0.5) is 0 Å². The predicted octanol–water partition coefficient (Wildman–Crippen LogP) is 3.15. The fraction of sp³-hybridized carbons (Fsp3) is 0.529. The number of aryl methyl sites for hydroxylation is 2. The van der Waals surface area contributed by atoms with Crippen LogP contribution in [0, 0.1) is 0 Å². The zero-order valence-corrected chi connectivity index (χ0v) is 13.8. The van der Waals surface area contributed by atoms with Crippen molar-refractivity contribution < 1.29 is 0 Å². The Morgan fingerprint density at radius 1 is 1.10 bits per heavy atom. The molecule has 2 N–H and O–H groups in total. The zero-order valence-electron chi connectivity index (χ0n) is 13.8. The maximum atomic E-state index is 5.85. The van der Waals surface area contributed by atoms with Crippen LogP contribution in [0.2, 0.25) is 0 Å². The van der Waals surface area contributed by atoms with E-state index < -0.39 is 0 Å². The molecule has 4 heteroatoms. The van der Waals surface area contributed by atoms with Crippen LogP contribution in [0.3, 0.4) is 0 Å². The molecule has 2 aromatic heterocycles. The first-order valence-electron chi connectivity index (χ1n) is 7.68. The van der Waals surface area contributed by atoms with Crippen LogP contribution in [-0.4, -0.2) is 14.8 Å². The summed E-state index contributed by atoms with van der Waals surface area (Å²) in [6.45, 7) is 11.3. The summed E-state index contributed by atoms with van der Waals surface area (Å²) < 4.78 is 1.97. The molecule has 2 heterocycles. The fourth-order valence-corrected chi connectivity index (χ4v) is 2.28. The van der Waals surface area contributed by atoms with E-state index in [1.165, 1.54) is 5.69 Å². The van der Waals surface area contributed by atoms with Crippen LogP contribution in [0.25, 0.3) is 5.82 Å². The Kier molecular flexibility index (Phi) is 4.47. The maximum Gasteiger partial charge on any atom is 0.154 e. The number of hydrogen-bond acceptors (Lipinski definition) is 3. The van der Waals surface area contributed by atoms with E-state index in [9.17, 15) is 0 Å². The van der Waals surface area contributed by atoms with Crippen molar-refractivity contribution in [1.29, 1.82) is 0 Å². The molecule has 114 valence electrons. The molecule has 0 aliphatic heterocycles. The largest absolute Gasteiger partial charge is 0.326 e. The second-order valence-electron chi connectivity index (χ2n) is 6.42. The van der Waals surface area contributed by atoms with Crippen molar-refractivity contribution in [1.82, 2.24) is 14.8 Å². The van der Waals surface area contributed by atoms with E-state index in [0.29, 0.717) is 6.54 Å². The molecule has 0 aliphatic carbocycles. The standard InChI is InChI=1S/C17H26N4/c1-6-13-10-14(7-2)21(20-13)16-9-12(11-18)8-15(19-16)17(3,4)5/h8-10H,6-7,11,18H2,1-5H3. The second kappa shape index (κ2) is 5.98. The summed E-state index contributed by atoms with van der Waals surface area (Å²) in [5.41, 5.74) is 10.3. The minimum atomic E-state index is -0.00690. The van der Waals surface area contributed by atoms with Crippen LogP contribution in [-0.2, 0) is 24.8 Å². The number of nitrogens with zero attached hydrogens (tertiary/aromatic N) is 3. The van der Waals surface area contributed by atoms with E-state index in [-0.39, 0.29) is 5.41 Å². The molecule has 0 aromatic carbocycles. The van der Waals surface area contributed by atoms with Crippen LogP contribution in [0.15, 0.2) is 18.2 Å². The molecule has 4 nitrogen and oxygen atoms in total. The highest BCUT2D eigenvalue weighted by Crippen LogP contribution is 2.23. The third-order valence-electron chi connectivity index (χ3n) is 3.65. The quantitative estimate of drug-likeness (QED) is 0.939. The summed E-state index contributed by atoms with van der Waals surface area (Å²) in [6.07, 6.45) is 1.87. The van der Waals surface area contributed by atoms with E-state index in [2.05, 4.69) is 51.9 Å². The van der Waals surface area contributed by atoms with Gasteiger partial charge in [-0.1, -0.05) is 34.6 Å². The van der Waals surface area contributed by atoms with E-state index in [1.54, 1.807) is 0 Å². The molecule has 0 fully saturated rings. The molecule has 0 aliphatic rings. The molecule has 0 saturated carbocycles. The highest BCUT2D eigenvalue weighted by molar-refractivity contribution is 5.35. The molecule has 2 aromatic rings. The van der Waals surface area contributed by atoms with E-state index >= 15 is 0 Å². The smallest absolute Gasteiger partial charge is 0.154 e. The number of aromatic nitrogens is 3. The lowest BCUT2D eigenvalue weighted by molar-refractivity contribution is 0.563. The summed E-state index contributed by atoms with van der Waals surface area (Å²) in [5.74, 6) is 0.874. The first-order chi connectivity index (χ1) is 9.88. The van der Waals surface area contributed by atoms with Gasteiger partial charge in [0, 0.05) is 23.3 Å². The Balaban J connectivity index is 2.60. The van der Waals surface area contributed by atoms with Crippen molar-refractivity contribution in [3.05, 3.63) is 40.8 Å². The summed E-state index contributed by atoms with van der Waals surface area (Å²) in [4.78, 5) is 4.82. The summed E-state index contributed by atoms with van der Waals surface area (Å²) >= 11 is 0. The van der Waals surface area contributed by atoms with Crippen molar-refractivity contribution in [3.63, 3.8) is 0 Å². The van der Waals surface area contributed by atoms with Crippen molar-refractivity contribution in [2.45, 2.75) is 59.4 Å². The topological polar surface area (TPSA) is 56.7 Å². The Labute approximate surface area is 127 Å². The van der Waals surface area contributed by atoms with Gasteiger partial charge in [0.05, 0.1) is 5.69 Å². The van der Waals surface area contributed by atoms with E-state index in [4.69, 9.17) is 10.7 Å². The number of hydrogen-bond donors (Lipinski definition) is 1. The van der Waals surface area contributed by atoms with Gasteiger partial charge in [-0.05, 0) is 36.6 Å². The second-order valence-corrected chi connectivity index (χ2v) is 6.42. The lowest BCUT2D eigenvalue weighted by Gasteiger charge is -2.20. The van der Waals surface area contributed by atoms with Gasteiger partial charge >= 0.3 is 0 Å². The number of pyridine rings is 1. The molecule has 0 atom stereocenters. The SMILES string of the molecule is CCc1cc(CC)n(-c2cc(CN)cc(C(C)(C)C)n2)n1. The molecule has 21 heavy (non-hydrogen) atoms. The molecule has 0 radical (unpaired) electrons. The lowest BCUT2D eigenvalue weighted by atomic mass is 9.91. The van der Waals surface area contributed by atoms with Crippen molar-refractivity contribution in [2.75, 3.05) is 0 Å².